The molecule has 3 aromatic rings. The number of halogens is 1. The molecule has 37 heavy (non-hydrogen) atoms. The fourth-order valence-electron chi connectivity index (χ4n) is 4.66. The lowest BCUT2D eigenvalue weighted by atomic mass is 9.97. The van der Waals surface area contributed by atoms with E-state index in [1.165, 1.54) is 16.7 Å². The average Bonchev–Trinajstić information content (AvgIpc) is 2.88. The van der Waals surface area contributed by atoms with Crippen LogP contribution in [0.3, 0.4) is 0 Å². The number of carbonyl (C=O) groups excluding carboxylic acids is 1. The molecular formula is C30H37ClN4O2. The van der Waals surface area contributed by atoms with Crippen LogP contribution in [0, 0.1) is 0 Å². The van der Waals surface area contributed by atoms with Gasteiger partial charge in [0.05, 0.1) is 12.1 Å². The maximum absolute atomic E-state index is 13.2. The van der Waals surface area contributed by atoms with Crippen LogP contribution in [0.1, 0.15) is 65.2 Å². The molecule has 7 heteroatoms. The molecule has 1 amide bonds. The third-order valence-electron chi connectivity index (χ3n) is 6.78. The normalized spacial score (nSPS) is 17.3. The first-order chi connectivity index (χ1) is 17.9. The molecule has 4 N–H and O–H groups in total. The van der Waals surface area contributed by atoms with Gasteiger partial charge in [0, 0.05) is 25.2 Å². The fourth-order valence-corrected chi connectivity index (χ4v) is 4.87. The fraction of sp³-hybridized carbons (Fsp3) is 0.400. The van der Waals surface area contributed by atoms with Crippen molar-refractivity contribution in [1.82, 2.24) is 15.6 Å². The van der Waals surface area contributed by atoms with Crippen molar-refractivity contribution in [3.63, 3.8) is 0 Å². The first kappa shape index (κ1) is 27.1. The summed E-state index contributed by atoms with van der Waals surface area (Å²) in [5, 5.41) is 21.2. The van der Waals surface area contributed by atoms with E-state index in [0.29, 0.717) is 36.8 Å². The summed E-state index contributed by atoms with van der Waals surface area (Å²) in [4.78, 5) is 17.6. The molecule has 0 saturated carbocycles. The summed E-state index contributed by atoms with van der Waals surface area (Å²) in [6.45, 7) is 6.10. The van der Waals surface area contributed by atoms with Crippen LogP contribution in [0.5, 0.6) is 0 Å². The summed E-state index contributed by atoms with van der Waals surface area (Å²) in [5.74, 6) is 0.755. The highest BCUT2D eigenvalue weighted by molar-refractivity contribution is 6.29. The van der Waals surface area contributed by atoms with Crippen LogP contribution >= 0.6 is 11.6 Å². The van der Waals surface area contributed by atoms with Crippen LogP contribution in [0.25, 0.3) is 0 Å². The molecule has 2 heterocycles. The zero-order chi connectivity index (χ0) is 26.2. The number of aliphatic hydroxyl groups is 1. The monoisotopic (exact) mass is 520 g/mol. The van der Waals surface area contributed by atoms with Gasteiger partial charge in [0.1, 0.15) is 11.0 Å². The molecule has 0 radical (unpaired) electrons. The SMILES string of the molecule is CC(C)c1cccc(CNC[C@@H](O)[C@@H]2Cc3cccc(c3)CCCCNc3cc(cc(Cl)n3)C(=O)N2)c1. The number of aryl methyl sites for hydroxylation is 1. The average molecular weight is 521 g/mol. The highest BCUT2D eigenvalue weighted by atomic mass is 35.5. The minimum atomic E-state index is -0.786. The number of pyridine rings is 1. The molecule has 2 atom stereocenters. The summed E-state index contributed by atoms with van der Waals surface area (Å²) in [7, 11) is 0. The van der Waals surface area contributed by atoms with Gasteiger partial charge < -0.3 is 21.1 Å². The predicted octanol–water partition coefficient (Wildman–Crippen LogP) is 5.10. The number of fused-ring (bicyclic) bond motifs is 4. The van der Waals surface area contributed by atoms with Crippen molar-refractivity contribution in [3.8, 4) is 0 Å². The van der Waals surface area contributed by atoms with E-state index in [1.54, 1.807) is 12.1 Å². The summed E-state index contributed by atoms with van der Waals surface area (Å²) >= 11 is 6.22. The van der Waals surface area contributed by atoms with Gasteiger partial charge in [-0.25, -0.2) is 4.98 Å². The minimum absolute atomic E-state index is 0.258. The maximum Gasteiger partial charge on any atom is 0.251 e. The molecule has 0 spiro atoms. The smallest absolute Gasteiger partial charge is 0.251 e. The number of rotatable bonds is 6. The summed E-state index contributed by atoms with van der Waals surface area (Å²) in [5.41, 5.74) is 5.23. The number of hydrogen-bond donors (Lipinski definition) is 4. The zero-order valence-electron chi connectivity index (χ0n) is 21.6. The van der Waals surface area contributed by atoms with E-state index in [4.69, 9.17) is 11.6 Å². The number of amides is 1. The molecule has 1 aliphatic rings. The number of nitrogens with zero attached hydrogens (tertiary/aromatic N) is 1. The Bertz CT molecular complexity index is 1200. The lowest BCUT2D eigenvalue weighted by Gasteiger charge is -2.25. The van der Waals surface area contributed by atoms with Crippen molar-refractivity contribution < 1.29 is 9.90 Å². The van der Waals surface area contributed by atoms with E-state index < -0.39 is 12.1 Å². The second-order valence-electron chi connectivity index (χ2n) is 10.1. The van der Waals surface area contributed by atoms with Crippen molar-refractivity contribution in [2.45, 2.75) is 64.1 Å². The maximum atomic E-state index is 13.2. The number of carbonyl (C=O) groups is 1. The molecule has 4 rings (SSSR count). The van der Waals surface area contributed by atoms with Crippen LogP contribution in [0.2, 0.25) is 5.15 Å². The molecule has 0 unspecified atom stereocenters. The molecule has 1 aromatic heterocycles. The van der Waals surface area contributed by atoms with Gasteiger partial charge in [0.25, 0.3) is 5.91 Å². The molecule has 0 saturated heterocycles. The predicted molar refractivity (Wildman–Crippen MR) is 150 cm³/mol. The van der Waals surface area contributed by atoms with Crippen molar-refractivity contribution in [1.29, 1.82) is 0 Å². The van der Waals surface area contributed by atoms with Gasteiger partial charge in [-0.15, -0.1) is 0 Å². The molecule has 1 aliphatic heterocycles. The first-order valence-corrected chi connectivity index (χ1v) is 13.5. The van der Waals surface area contributed by atoms with E-state index in [-0.39, 0.29) is 11.1 Å². The lowest BCUT2D eigenvalue weighted by molar-refractivity contribution is 0.0830. The largest absolute Gasteiger partial charge is 0.390 e. The van der Waals surface area contributed by atoms with E-state index >= 15 is 0 Å². The van der Waals surface area contributed by atoms with Gasteiger partial charge in [-0.3, -0.25) is 4.79 Å². The van der Waals surface area contributed by atoms with Gasteiger partial charge in [-0.1, -0.05) is 74.0 Å². The Hall–Kier alpha value is -2.93. The summed E-state index contributed by atoms with van der Waals surface area (Å²) in [6.07, 6.45) is 2.73. The third-order valence-corrected chi connectivity index (χ3v) is 6.98. The molecule has 196 valence electrons. The van der Waals surface area contributed by atoms with Gasteiger partial charge in [0.2, 0.25) is 0 Å². The Morgan fingerprint density at radius 3 is 2.73 bits per heavy atom. The van der Waals surface area contributed by atoms with Crippen LogP contribution in [0.15, 0.2) is 60.7 Å². The van der Waals surface area contributed by atoms with Gasteiger partial charge in [-0.05, 0) is 66.0 Å². The number of anilines is 1. The van der Waals surface area contributed by atoms with E-state index in [2.05, 4.69) is 83.3 Å². The lowest BCUT2D eigenvalue weighted by Crippen LogP contribution is -2.48. The Morgan fingerprint density at radius 1 is 1.08 bits per heavy atom. The Morgan fingerprint density at radius 2 is 1.89 bits per heavy atom. The molecule has 2 aromatic carbocycles. The van der Waals surface area contributed by atoms with Gasteiger partial charge >= 0.3 is 0 Å². The van der Waals surface area contributed by atoms with E-state index in [9.17, 15) is 9.90 Å². The second-order valence-corrected chi connectivity index (χ2v) is 10.5. The summed E-state index contributed by atoms with van der Waals surface area (Å²) < 4.78 is 0. The van der Waals surface area contributed by atoms with E-state index in [1.807, 2.05) is 0 Å². The Kier molecular flexibility index (Phi) is 9.56. The molecule has 0 aliphatic carbocycles. The number of nitrogens with one attached hydrogen (secondary N) is 3. The van der Waals surface area contributed by atoms with Crippen LogP contribution < -0.4 is 16.0 Å². The van der Waals surface area contributed by atoms with Crippen molar-refractivity contribution >= 4 is 23.3 Å². The van der Waals surface area contributed by atoms with Crippen LogP contribution in [0.4, 0.5) is 5.82 Å². The minimum Gasteiger partial charge on any atom is -0.390 e. The standard InChI is InChI=1S/C30H37ClN4O2/c1-20(2)24-11-6-10-23(14-24)18-32-19-27(36)26-15-22-9-5-8-21(13-22)7-3-4-12-33-29-17-25(30(37)34-26)16-28(31)35-29/h5-6,8-11,13-14,16-17,20,26-27,32,36H,3-4,7,12,15,18-19H2,1-2H3,(H,33,35)(H,34,37)/t26-,27+/m0/s1. The van der Waals surface area contributed by atoms with Crippen LogP contribution in [-0.4, -0.2) is 41.2 Å². The van der Waals surface area contributed by atoms with Crippen LogP contribution in [-0.2, 0) is 19.4 Å². The second kappa shape index (κ2) is 13.0. The quantitative estimate of drug-likeness (QED) is 0.340. The van der Waals surface area contributed by atoms with Crippen molar-refractivity contribution in [3.05, 3.63) is 93.6 Å². The summed E-state index contributed by atoms with van der Waals surface area (Å²) in [6, 6.07) is 19.7. The van der Waals surface area contributed by atoms with Crippen molar-refractivity contribution in [2.75, 3.05) is 18.4 Å². The highest BCUT2D eigenvalue weighted by Gasteiger charge is 2.23. The zero-order valence-corrected chi connectivity index (χ0v) is 22.4. The first-order valence-electron chi connectivity index (χ1n) is 13.1. The number of aliphatic hydroxyl groups excluding tert-OH is 1. The number of hydrogen-bond acceptors (Lipinski definition) is 5. The number of aromatic nitrogens is 1. The molecule has 4 bridgehead atoms. The Balaban J connectivity index is 1.51. The molecule has 6 nitrogen and oxygen atoms in total. The van der Waals surface area contributed by atoms with Crippen molar-refractivity contribution in [2.24, 2.45) is 0 Å². The van der Waals surface area contributed by atoms with E-state index in [0.717, 1.165) is 31.4 Å². The highest BCUT2D eigenvalue weighted by Crippen LogP contribution is 2.18. The topological polar surface area (TPSA) is 86.3 Å². The number of benzene rings is 2. The Labute approximate surface area is 224 Å². The third kappa shape index (κ3) is 8.03. The van der Waals surface area contributed by atoms with Gasteiger partial charge in [-0.2, -0.15) is 0 Å². The molecule has 0 fully saturated rings. The molecular weight excluding hydrogens is 484 g/mol. The van der Waals surface area contributed by atoms with Gasteiger partial charge in [0.15, 0.2) is 0 Å².